The molecular weight excluding hydrogens is 274 g/mol. The maximum absolute atomic E-state index is 11.8. The third kappa shape index (κ3) is 3.81. The van der Waals surface area contributed by atoms with Gasteiger partial charge in [-0.15, -0.1) is 0 Å². The molecule has 1 heterocycles. The van der Waals surface area contributed by atoms with E-state index in [1.54, 1.807) is 12.1 Å². The smallest absolute Gasteiger partial charge is 0.308 e. The molecule has 1 amide bonds. The SMILES string of the molecule is O=C(O)CCCc1ccc(N2CC(C(=O)O)CC2=O)cc1. The minimum absolute atomic E-state index is 0.0374. The Bertz CT molecular complexity index is 552. The van der Waals surface area contributed by atoms with E-state index in [9.17, 15) is 14.4 Å². The van der Waals surface area contributed by atoms with E-state index in [1.165, 1.54) is 4.90 Å². The van der Waals surface area contributed by atoms with Crippen LogP contribution in [-0.2, 0) is 20.8 Å². The quantitative estimate of drug-likeness (QED) is 0.828. The largest absolute Gasteiger partial charge is 0.481 e. The van der Waals surface area contributed by atoms with Crippen LogP contribution in [-0.4, -0.2) is 34.6 Å². The van der Waals surface area contributed by atoms with E-state index in [4.69, 9.17) is 10.2 Å². The zero-order chi connectivity index (χ0) is 15.4. The first-order valence-corrected chi connectivity index (χ1v) is 6.81. The van der Waals surface area contributed by atoms with Crippen molar-refractivity contribution >= 4 is 23.5 Å². The average Bonchev–Trinajstić information content (AvgIpc) is 2.81. The van der Waals surface area contributed by atoms with Crippen molar-refractivity contribution in [2.45, 2.75) is 25.7 Å². The zero-order valence-electron chi connectivity index (χ0n) is 11.5. The fraction of sp³-hybridized carbons (Fsp3) is 0.400. The monoisotopic (exact) mass is 291 g/mol. The van der Waals surface area contributed by atoms with Gasteiger partial charge in [-0.1, -0.05) is 12.1 Å². The average molecular weight is 291 g/mol. The van der Waals surface area contributed by atoms with E-state index in [0.29, 0.717) is 18.5 Å². The molecule has 0 bridgehead atoms. The van der Waals surface area contributed by atoms with Crippen molar-refractivity contribution in [3.63, 3.8) is 0 Å². The number of aryl methyl sites for hydroxylation is 1. The van der Waals surface area contributed by atoms with Gasteiger partial charge in [0, 0.05) is 25.1 Å². The molecule has 1 saturated heterocycles. The highest BCUT2D eigenvalue weighted by molar-refractivity contribution is 5.99. The summed E-state index contributed by atoms with van der Waals surface area (Å²) >= 11 is 0. The molecule has 1 aliphatic rings. The first-order valence-electron chi connectivity index (χ1n) is 6.81. The number of amides is 1. The Morgan fingerprint density at radius 1 is 1.19 bits per heavy atom. The second kappa shape index (κ2) is 6.39. The second-order valence-electron chi connectivity index (χ2n) is 5.16. The van der Waals surface area contributed by atoms with Crippen LogP contribution < -0.4 is 4.90 Å². The minimum atomic E-state index is -0.948. The topological polar surface area (TPSA) is 94.9 Å². The molecule has 1 atom stereocenters. The van der Waals surface area contributed by atoms with Crippen LogP contribution in [0.5, 0.6) is 0 Å². The summed E-state index contributed by atoms with van der Waals surface area (Å²) in [7, 11) is 0. The predicted molar refractivity (Wildman–Crippen MR) is 75.1 cm³/mol. The Morgan fingerprint density at radius 3 is 2.38 bits per heavy atom. The number of rotatable bonds is 6. The maximum Gasteiger partial charge on any atom is 0.308 e. The number of carbonyl (C=O) groups is 3. The van der Waals surface area contributed by atoms with Gasteiger partial charge in [0.05, 0.1) is 5.92 Å². The van der Waals surface area contributed by atoms with Crippen molar-refractivity contribution in [2.75, 3.05) is 11.4 Å². The van der Waals surface area contributed by atoms with Crippen molar-refractivity contribution in [1.82, 2.24) is 0 Å². The van der Waals surface area contributed by atoms with Crippen LogP contribution in [0.1, 0.15) is 24.8 Å². The summed E-state index contributed by atoms with van der Waals surface area (Å²) in [5.41, 5.74) is 1.69. The Balaban J connectivity index is 1.97. The number of carboxylic acid groups (broad SMARTS) is 2. The maximum atomic E-state index is 11.8. The lowest BCUT2D eigenvalue weighted by Gasteiger charge is -2.16. The lowest BCUT2D eigenvalue weighted by atomic mass is 10.1. The number of nitrogens with zero attached hydrogens (tertiary/aromatic N) is 1. The van der Waals surface area contributed by atoms with Gasteiger partial charge >= 0.3 is 11.9 Å². The van der Waals surface area contributed by atoms with Gasteiger partial charge in [-0.3, -0.25) is 14.4 Å². The summed E-state index contributed by atoms with van der Waals surface area (Å²) in [4.78, 5) is 34.7. The highest BCUT2D eigenvalue weighted by Crippen LogP contribution is 2.25. The fourth-order valence-electron chi connectivity index (χ4n) is 2.41. The first kappa shape index (κ1) is 15.0. The van der Waals surface area contributed by atoms with E-state index >= 15 is 0 Å². The third-order valence-corrected chi connectivity index (χ3v) is 3.58. The fourth-order valence-corrected chi connectivity index (χ4v) is 2.41. The summed E-state index contributed by atoms with van der Waals surface area (Å²) in [5, 5.41) is 17.5. The molecule has 0 radical (unpaired) electrons. The first-order chi connectivity index (χ1) is 9.97. The van der Waals surface area contributed by atoms with E-state index < -0.39 is 17.9 Å². The Labute approximate surface area is 122 Å². The standard InChI is InChI=1S/C15H17NO5/c17-13-8-11(15(20)21)9-16(13)12-6-4-10(5-7-12)2-1-3-14(18)19/h4-7,11H,1-3,8-9H2,(H,18,19)(H,20,21). The van der Waals surface area contributed by atoms with Crippen LogP contribution in [0.25, 0.3) is 0 Å². The van der Waals surface area contributed by atoms with E-state index in [-0.39, 0.29) is 25.3 Å². The number of benzene rings is 1. The second-order valence-corrected chi connectivity index (χ2v) is 5.16. The molecule has 21 heavy (non-hydrogen) atoms. The molecule has 1 fully saturated rings. The number of carbonyl (C=O) groups excluding carboxylic acids is 1. The highest BCUT2D eigenvalue weighted by atomic mass is 16.4. The molecule has 112 valence electrons. The van der Waals surface area contributed by atoms with Crippen molar-refractivity contribution in [3.8, 4) is 0 Å². The molecule has 0 spiro atoms. The Hall–Kier alpha value is -2.37. The molecule has 0 aromatic heterocycles. The minimum Gasteiger partial charge on any atom is -0.481 e. The number of anilines is 1. The van der Waals surface area contributed by atoms with Gasteiger partial charge in [-0.25, -0.2) is 0 Å². The molecular formula is C15H17NO5. The van der Waals surface area contributed by atoms with E-state index in [0.717, 1.165) is 5.56 Å². The van der Waals surface area contributed by atoms with Crippen LogP contribution in [0.15, 0.2) is 24.3 Å². The van der Waals surface area contributed by atoms with Gasteiger partial charge in [-0.2, -0.15) is 0 Å². The molecule has 6 heteroatoms. The van der Waals surface area contributed by atoms with Gasteiger partial charge in [0.2, 0.25) is 5.91 Å². The lowest BCUT2D eigenvalue weighted by Crippen LogP contribution is -2.25. The summed E-state index contributed by atoms with van der Waals surface area (Å²) < 4.78 is 0. The molecule has 1 aromatic carbocycles. The van der Waals surface area contributed by atoms with Crippen molar-refractivity contribution in [3.05, 3.63) is 29.8 Å². The molecule has 2 N–H and O–H groups in total. The van der Waals surface area contributed by atoms with Crippen LogP contribution >= 0.6 is 0 Å². The lowest BCUT2D eigenvalue weighted by molar-refractivity contribution is -0.141. The Kier molecular flexibility index (Phi) is 4.57. The molecule has 2 rings (SSSR count). The molecule has 1 aliphatic heterocycles. The molecule has 0 aliphatic carbocycles. The molecule has 1 aromatic rings. The number of aliphatic carboxylic acids is 2. The van der Waals surface area contributed by atoms with Gasteiger partial charge < -0.3 is 15.1 Å². The summed E-state index contributed by atoms with van der Waals surface area (Å²) in [6, 6.07) is 7.24. The number of hydrogen-bond acceptors (Lipinski definition) is 3. The van der Waals surface area contributed by atoms with Gasteiger partial charge in [0.1, 0.15) is 0 Å². The van der Waals surface area contributed by atoms with E-state index in [2.05, 4.69) is 0 Å². The van der Waals surface area contributed by atoms with Crippen LogP contribution in [0.4, 0.5) is 5.69 Å². The summed E-state index contributed by atoms with van der Waals surface area (Å²) in [6.07, 6.45) is 1.40. The summed E-state index contributed by atoms with van der Waals surface area (Å²) in [6.45, 7) is 0.201. The van der Waals surface area contributed by atoms with Crippen LogP contribution in [0, 0.1) is 5.92 Å². The van der Waals surface area contributed by atoms with Gasteiger partial charge in [-0.05, 0) is 30.5 Å². The van der Waals surface area contributed by atoms with Crippen molar-refractivity contribution < 1.29 is 24.6 Å². The van der Waals surface area contributed by atoms with Gasteiger partial charge in [0.25, 0.3) is 0 Å². The predicted octanol–water partition coefficient (Wildman–Crippen LogP) is 1.53. The number of hydrogen-bond donors (Lipinski definition) is 2. The third-order valence-electron chi connectivity index (χ3n) is 3.58. The molecule has 1 unspecified atom stereocenters. The number of carboxylic acids is 2. The van der Waals surface area contributed by atoms with E-state index in [1.807, 2.05) is 12.1 Å². The zero-order valence-corrected chi connectivity index (χ0v) is 11.5. The van der Waals surface area contributed by atoms with Crippen molar-refractivity contribution in [1.29, 1.82) is 0 Å². The van der Waals surface area contributed by atoms with Crippen molar-refractivity contribution in [2.24, 2.45) is 5.92 Å². The molecule has 0 saturated carbocycles. The van der Waals surface area contributed by atoms with Gasteiger partial charge in [0.15, 0.2) is 0 Å². The molecule has 6 nitrogen and oxygen atoms in total. The Morgan fingerprint density at radius 2 is 1.86 bits per heavy atom. The summed E-state index contributed by atoms with van der Waals surface area (Å²) in [5.74, 6) is -2.58. The van der Waals surface area contributed by atoms with Crippen LogP contribution in [0.3, 0.4) is 0 Å². The van der Waals surface area contributed by atoms with Crippen LogP contribution in [0.2, 0.25) is 0 Å². The normalized spacial score (nSPS) is 18.0. The highest BCUT2D eigenvalue weighted by Gasteiger charge is 2.34.